The molecule has 1 rings (SSSR count). The Bertz CT molecular complexity index is 399. The normalized spacial score (nSPS) is 11.9. The highest BCUT2D eigenvalue weighted by Crippen LogP contribution is 2.20. The van der Waals surface area contributed by atoms with Crippen molar-refractivity contribution in [3.05, 3.63) is 29.8 Å². The largest absolute Gasteiger partial charge is 0.479 e. The van der Waals surface area contributed by atoms with Crippen molar-refractivity contribution in [2.75, 3.05) is 11.9 Å². The average Bonchev–Trinajstić information content (AvgIpc) is 2.26. The van der Waals surface area contributed by atoms with E-state index in [9.17, 15) is 9.59 Å². The second-order valence-corrected chi connectivity index (χ2v) is 3.48. The number of hydrogen-bond acceptors (Lipinski definition) is 3. The predicted molar refractivity (Wildman–Crippen MR) is 62.7 cm³/mol. The van der Waals surface area contributed by atoms with Crippen molar-refractivity contribution in [3.8, 4) is 0 Å². The molecule has 0 saturated heterocycles. The molecule has 1 unspecified atom stereocenters. The van der Waals surface area contributed by atoms with Crippen molar-refractivity contribution >= 4 is 17.6 Å². The van der Waals surface area contributed by atoms with E-state index >= 15 is 0 Å². The molecule has 0 aliphatic rings. The molecule has 92 valence electrons. The second kappa shape index (κ2) is 6.00. The first-order valence-electron chi connectivity index (χ1n) is 5.26. The Hall–Kier alpha value is -1.88. The molecule has 0 aliphatic carbocycles. The zero-order valence-electron chi connectivity index (χ0n) is 9.77. The van der Waals surface area contributed by atoms with Crippen LogP contribution in [0.4, 0.5) is 5.69 Å². The lowest BCUT2D eigenvalue weighted by Gasteiger charge is -2.13. The van der Waals surface area contributed by atoms with Gasteiger partial charge in [0, 0.05) is 19.2 Å². The van der Waals surface area contributed by atoms with Gasteiger partial charge in [-0.25, -0.2) is 4.79 Å². The Morgan fingerprint density at radius 2 is 1.94 bits per heavy atom. The molecule has 0 saturated carbocycles. The molecule has 0 fully saturated rings. The number of benzene rings is 1. The topological polar surface area (TPSA) is 75.6 Å². The minimum Gasteiger partial charge on any atom is -0.479 e. The number of nitrogens with one attached hydrogen (secondary N) is 1. The highest BCUT2D eigenvalue weighted by molar-refractivity contribution is 5.88. The van der Waals surface area contributed by atoms with Crippen molar-refractivity contribution < 1.29 is 19.4 Å². The fourth-order valence-electron chi connectivity index (χ4n) is 1.42. The smallest absolute Gasteiger partial charge is 0.337 e. The Labute approximate surface area is 99.4 Å². The number of carboxylic acid groups (broad SMARTS) is 1. The van der Waals surface area contributed by atoms with E-state index < -0.39 is 12.1 Å². The summed E-state index contributed by atoms with van der Waals surface area (Å²) in [7, 11) is 0. The number of carbonyl (C=O) groups is 2. The molecule has 0 aromatic heterocycles. The fourth-order valence-corrected chi connectivity index (χ4v) is 1.42. The summed E-state index contributed by atoms with van der Waals surface area (Å²) >= 11 is 0. The van der Waals surface area contributed by atoms with Gasteiger partial charge in [0.05, 0.1) is 0 Å². The zero-order valence-corrected chi connectivity index (χ0v) is 9.77. The molecular weight excluding hydrogens is 222 g/mol. The van der Waals surface area contributed by atoms with Gasteiger partial charge in [-0.15, -0.1) is 0 Å². The number of anilines is 1. The Kier molecular flexibility index (Phi) is 4.66. The van der Waals surface area contributed by atoms with E-state index in [1.165, 1.54) is 6.92 Å². The van der Waals surface area contributed by atoms with Gasteiger partial charge in [-0.3, -0.25) is 4.79 Å². The van der Waals surface area contributed by atoms with Crippen LogP contribution in [0.5, 0.6) is 0 Å². The summed E-state index contributed by atoms with van der Waals surface area (Å²) in [4.78, 5) is 21.8. The number of carboxylic acids is 1. The highest BCUT2D eigenvalue weighted by Gasteiger charge is 2.19. The van der Waals surface area contributed by atoms with E-state index in [1.807, 2.05) is 0 Å². The van der Waals surface area contributed by atoms with Gasteiger partial charge in [0.1, 0.15) is 0 Å². The minimum atomic E-state index is -1.03. The first-order valence-corrected chi connectivity index (χ1v) is 5.26. The molecule has 0 aliphatic heterocycles. The summed E-state index contributed by atoms with van der Waals surface area (Å²) in [6.45, 7) is 3.47. The van der Waals surface area contributed by atoms with E-state index in [0.717, 1.165) is 0 Å². The van der Waals surface area contributed by atoms with Crippen molar-refractivity contribution in [3.63, 3.8) is 0 Å². The third-order valence-electron chi connectivity index (χ3n) is 2.09. The molecule has 1 aromatic rings. The number of rotatable bonds is 5. The molecule has 0 bridgehead atoms. The quantitative estimate of drug-likeness (QED) is 0.818. The summed E-state index contributed by atoms with van der Waals surface area (Å²) in [5, 5.41) is 11.6. The number of aliphatic carboxylic acids is 1. The lowest BCUT2D eigenvalue weighted by molar-refractivity contribution is -0.150. The summed E-state index contributed by atoms with van der Waals surface area (Å²) in [5.41, 5.74) is 1.18. The monoisotopic (exact) mass is 237 g/mol. The molecule has 0 heterocycles. The lowest BCUT2D eigenvalue weighted by atomic mass is 10.1. The Morgan fingerprint density at radius 1 is 1.35 bits per heavy atom. The average molecular weight is 237 g/mol. The summed E-state index contributed by atoms with van der Waals surface area (Å²) in [6.07, 6.45) is -0.966. The van der Waals surface area contributed by atoms with Crippen LogP contribution in [0.1, 0.15) is 25.5 Å². The van der Waals surface area contributed by atoms with Crippen LogP contribution in [0.3, 0.4) is 0 Å². The maximum absolute atomic E-state index is 11.0. The van der Waals surface area contributed by atoms with Gasteiger partial charge >= 0.3 is 5.97 Å². The van der Waals surface area contributed by atoms with Crippen molar-refractivity contribution in [1.82, 2.24) is 0 Å². The van der Waals surface area contributed by atoms with Gasteiger partial charge in [-0.2, -0.15) is 0 Å². The van der Waals surface area contributed by atoms with Crippen LogP contribution in [0.25, 0.3) is 0 Å². The first-order chi connectivity index (χ1) is 8.04. The van der Waals surface area contributed by atoms with Gasteiger partial charge in [0.25, 0.3) is 0 Å². The van der Waals surface area contributed by atoms with E-state index in [0.29, 0.717) is 17.9 Å². The Balaban J connectivity index is 2.84. The maximum Gasteiger partial charge on any atom is 0.337 e. The summed E-state index contributed by atoms with van der Waals surface area (Å²) in [6, 6.07) is 6.54. The van der Waals surface area contributed by atoms with Crippen LogP contribution in [0, 0.1) is 0 Å². The van der Waals surface area contributed by atoms with Crippen molar-refractivity contribution in [1.29, 1.82) is 0 Å². The lowest BCUT2D eigenvalue weighted by Crippen LogP contribution is -2.15. The standard InChI is InChI=1S/C12H15NO4/c1-3-17-11(12(15)16)9-4-6-10(7-5-9)13-8(2)14/h4-7,11H,3H2,1-2H3,(H,13,14)(H,15,16). The molecule has 1 atom stereocenters. The van der Waals surface area contributed by atoms with Crippen molar-refractivity contribution in [2.24, 2.45) is 0 Å². The van der Waals surface area contributed by atoms with E-state index in [2.05, 4.69) is 5.32 Å². The van der Waals surface area contributed by atoms with Gasteiger partial charge in [0.2, 0.25) is 5.91 Å². The van der Waals surface area contributed by atoms with Crippen LogP contribution in [-0.4, -0.2) is 23.6 Å². The fraction of sp³-hybridized carbons (Fsp3) is 0.333. The predicted octanol–water partition coefficient (Wildman–Crippen LogP) is 1.81. The molecule has 2 N–H and O–H groups in total. The number of carbonyl (C=O) groups excluding carboxylic acids is 1. The molecule has 5 heteroatoms. The Morgan fingerprint density at radius 3 is 2.35 bits per heavy atom. The van der Waals surface area contributed by atoms with Crippen LogP contribution >= 0.6 is 0 Å². The van der Waals surface area contributed by atoms with E-state index in [4.69, 9.17) is 9.84 Å². The van der Waals surface area contributed by atoms with Crippen LogP contribution in [0.15, 0.2) is 24.3 Å². The first kappa shape index (κ1) is 13.2. The summed E-state index contributed by atoms with van der Waals surface area (Å²) in [5.74, 6) is -1.20. The molecule has 1 aromatic carbocycles. The third-order valence-corrected chi connectivity index (χ3v) is 2.09. The molecule has 5 nitrogen and oxygen atoms in total. The van der Waals surface area contributed by atoms with Crippen LogP contribution < -0.4 is 5.32 Å². The zero-order chi connectivity index (χ0) is 12.8. The number of ether oxygens (including phenoxy) is 1. The highest BCUT2D eigenvalue weighted by atomic mass is 16.5. The van der Waals surface area contributed by atoms with E-state index in [-0.39, 0.29) is 5.91 Å². The number of amides is 1. The van der Waals surface area contributed by atoms with Gasteiger partial charge in [-0.05, 0) is 24.6 Å². The molecule has 1 amide bonds. The van der Waals surface area contributed by atoms with Crippen molar-refractivity contribution in [2.45, 2.75) is 20.0 Å². The molecule has 0 spiro atoms. The van der Waals surface area contributed by atoms with Gasteiger partial charge < -0.3 is 15.2 Å². The minimum absolute atomic E-state index is 0.169. The van der Waals surface area contributed by atoms with Gasteiger partial charge in [-0.1, -0.05) is 12.1 Å². The van der Waals surface area contributed by atoms with Gasteiger partial charge in [0.15, 0.2) is 6.10 Å². The van der Waals surface area contributed by atoms with E-state index in [1.54, 1.807) is 31.2 Å². The number of hydrogen-bond donors (Lipinski definition) is 2. The maximum atomic E-state index is 11.0. The van der Waals surface area contributed by atoms with Crippen LogP contribution in [-0.2, 0) is 14.3 Å². The SMILES string of the molecule is CCOC(C(=O)O)c1ccc(NC(C)=O)cc1. The molecule has 17 heavy (non-hydrogen) atoms. The summed E-state index contributed by atoms with van der Waals surface area (Å²) < 4.78 is 5.12. The van der Waals surface area contributed by atoms with Crippen LogP contribution in [0.2, 0.25) is 0 Å². The molecule has 0 radical (unpaired) electrons. The molecular formula is C12H15NO4. The third kappa shape index (κ3) is 3.88. The second-order valence-electron chi connectivity index (χ2n) is 3.48.